The number of hydrogen-bond donors (Lipinski definition) is 1. The maximum Gasteiger partial charge on any atom is 0.260 e. The minimum atomic E-state index is -0.0512. The van der Waals surface area contributed by atoms with Gasteiger partial charge in [0.1, 0.15) is 12.2 Å². The SMILES string of the molecule is Cc1nc(C2CCCN(C(=O)COc3ncnc4ccccc34)C2)n[nH]1. The number of carbonyl (C=O) groups excluding carboxylic acids is 1. The Bertz CT molecular complexity index is 919. The number of ether oxygens (including phenoxy) is 1. The van der Waals surface area contributed by atoms with Crippen molar-refractivity contribution >= 4 is 16.8 Å². The van der Waals surface area contributed by atoms with Crippen LogP contribution in [-0.2, 0) is 4.79 Å². The lowest BCUT2D eigenvalue weighted by Gasteiger charge is -2.31. The number of H-pyrrole nitrogens is 1. The molecule has 1 aliphatic rings. The van der Waals surface area contributed by atoms with Crippen molar-refractivity contribution in [3.05, 3.63) is 42.2 Å². The minimum absolute atomic E-state index is 0.0409. The molecule has 1 fully saturated rings. The van der Waals surface area contributed by atoms with Crippen molar-refractivity contribution in [2.24, 2.45) is 0 Å². The number of para-hydroxylation sites is 1. The lowest BCUT2D eigenvalue weighted by molar-refractivity contribution is -0.134. The van der Waals surface area contributed by atoms with Gasteiger partial charge < -0.3 is 9.64 Å². The number of aromatic nitrogens is 5. The third-order valence-electron chi connectivity index (χ3n) is 4.59. The molecule has 0 spiro atoms. The molecular formula is C18H20N6O2. The van der Waals surface area contributed by atoms with Gasteiger partial charge in [0.15, 0.2) is 12.4 Å². The molecule has 1 amide bonds. The van der Waals surface area contributed by atoms with E-state index in [1.54, 1.807) is 0 Å². The highest BCUT2D eigenvalue weighted by atomic mass is 16.5. The second-order valence-corrected chi connectivity index (χ2v) is 6.44. The zero-order valence-corrected chi connectivity index (χ0v) is 14.6. The van der Waals surface area contributed by atoms with Gasteiger partial charge in [-0.3, -0.25) is 9.89 Å². The lowest BCUT2D eigenvalue weighted by atomic mass is 9.97. The summed E-state index contributed by atoms with van der Waals surface area (Å²) in [5.41, 5.74) is 0.794. The van der Waals surface area contributed by atoms with Crippen LogP contribution in [0.25, 0.3) is 10.9 Å². The average Bonchev–Trinajstić information content (AvgIpc) is 3.12. The number of aryl methyl sites for hydroxylation is 1. The van der Waals surface area contributed by atoms with Crippen LogP contribution in [0.15, 0.2) is 30.6 Å². The first-order chi connectivity index (χ1) is 12.7. The van der Waals surface area contributed by atoms with Gasteiger partial charge in [-0.2, -0.15) is 5.10 Å². The molecule has 0 saturated carbocycles. The fourth-order valence-electron chi connectivity index (χ4n) is 3.27. The van der Waals surface area contributed by atoms with Crippen molar-refractivity contribution in [2.75, 3.05) is 19.7 Å². The summed E-state index contributed by atoms with van der Waals surface area (Å²) in [6, 6.07) is 7.58. The zero-order valence-electron chi connectivity index (χ0n) is 14.6. The van der Waals surface area contributed by atoms with E-state index in [0.29, 0.717) is 12.4 Å². The third kappa shape index (κ3) is 3.35. The van der Waals surface area contributed by atoms with E-state index in [0.717, 1.165) is 41.9 Å². The molecule has 134 valence electrons. The van der Waals surface area contributed by atoms with Crippen molar-refractivity contribution in [3.63, 3.8) is 0 Å². The van der Waals surface area contributed by atoms with E-state index in [2.05, 4.69) is 25.1 Å². The zero-order chi connectivity index (χ0) is 17.9. The smallest absolute Gasteiger partial charge is 0.260 e. The van der Waals surface area contributed by atoms with Crippen LogP contribution < -0.4 is 4.74 Å². The van der Waals surface area contributed by atoms with E-state index in [1.165, 1.54) is 6.33 Å². The molecule has 3 aromatic rings. The number of nitrogens with one attached hydrogen (secondary N) is 1. The first-order valence-corrected chi connectivity index (χ1v) is 8.70. The van der Waals surface area contributed by atoms with Crippen molar-refractivity contribution < 1.29 is 9.53 Å². The molecule has 1 aliphatic heterocycles. The van der Waals surface area contributed by atoms with Crippen LogP contribution in [-0.4, -0.2) is 55.7 Å². The fraction of sp³-hybridized carbons (Fsp3) is 0.389. The fourth-order valence-corrected chi connectivity index (χ4v) is 3.27. The number of carbonyl (C=O) groups is 1. The van der Waals surface area contributed by atoms with Crippen LogP contribution in [0.2, 0.25) is 0 Å². The van der Waals surface area contributed by atoms with Gasteiger partial charge in [0.25, 0.3) is 5.91 Å². The highest BCUT2D eigenvalue weighted by Gasteiger charge is 2.27. The summed E-state index contributed by atoms with van der Waals surface area (Å²) >= 11 is 0. The molecule has 1 atom stereocenters. The minimum Gasteiger partial charge on any atom is -0.467 e. The predicted molar refractivity (Wildman–Crippen MR) is 94.7 cm³/mol. The lowest BCUT2D eigenvalue weighted by Crippen LogP contribution is -2.41. The Morgan fingerprint density at radius 3 is 3.08 bits per heavy atom. The molecule has 1 N–H and O–H groups in total. The molecule has 2 aromatic heterocycles. The quantitative estimate of drug-likeness (QED) is 0.769. The number of hydrogen-bond acceptors (Lipinski definition) is 6. The van der Waals surface area contributed by atoms with Crippen molar-refractivity contribution in [1.29, 1.82) is 0 Å². The van der Waals surface area contributed by atoms with E-state index in [-0.39, 0.29) is 18.4 Å². The van der Waals surface area contributed by atoms with E-state index in [1.807, 2.05) is 36.1 Å². The predicted octanol–water partition coefficient (Wildman–Crippen LogP) is 1.84. The highest BCUT2D eigenvalue weighted by Crippen LogP contribution is 2.25. The summed E-state index contributed by atoms with van der Waals surface area (Å²) in [7, 11) is 0. The van der Waals surface area contributed by atoms with Gasteiger partial charge >= 0.3 is 0 Å². The first kappa shape index (κ1) is 16.4. The van der Waals surface area contributed by atoms with Gasteiger partial charge in [-0.05, 0) is 31.9 Å². The number of aromatic amines is 1. The van der Waals surface area contributed by atoms with E-state index in [9.17, 15) is 4.79 Å². The monoisotopic (exact) mass is 352 g/mol. The second-order valence-electron chi connectivity index (χ2n) is 6.44. The largest absolute Gasteiger partial charge is 0.467 e. The van der Waals surface area contributed by atoms with Crippen molar-refractivity contribution in [3.8, 4) is 5.88 Å². The number of nitrogens with zero attached hydrogens (tertiary/aromatic N) is 5. The number of amides is 1. The van der Waals surface area contributed by atoms with Gasteiger partial charge in [0.05, 0.1) is 10.9 Å². The number of likely N-dealkylation sites (tertiary alicyclic amines) is 1. The third-order valence-corrected chi connectivity index (χ3v) is 4.59. The van der Waals surface area contributed by atoms with Gasteiger partial charge in [-0.1, -0.05) is 12.1 Å². The Kier molecular flexibility index (Phi) is 4.47. The molecule has 1 saturated heterocycles. The molecule has 3 heterocycles. The normalized spacial score (nSPS) is 17.4. The van der Waals surface area contributed by atoms with Crippen LogP contribution in [0.5, 0.6) is 5.88 Å². The molecule has 1 aromatic carbocycles. The van der Waals surface area contributed by atoms with Crippen LogP contribution in [0, 0.1) is 6.92 Å². The average molecular weight is 352 g/mol. The van der Waals surface area contributed by atoms with E-state index >= 15 is 0 Å². The van der Waals surface area contributed by atoms with E-state index < -0.39 is 0 Å². The topological polar surface area (TPSA) is 96.9 Å². The molecule has 8 heteroatoms. The van der Waals surface area contributed by atoms with Gasteiger partial charge in [-0.25, -0.2) is 15.0 Å². The van der Waals surface area contributed by atoms with Crippen LogP contribution in [0.3, 0.4) is 0 Å². The second kappa shape index (κ2) is 7.07. The highest BCUT2D eigenvalue weighted by molar-refractivity contribution is 5.84. The molecule has 0 aliphatic carbocycles. The molecule has 26 heavy (non-hydrogen) atoms. The van der Waals surface area contributed by atoms with Crippen LogP contribution >= 0.6 is 0 Å². The van der Waals surface area contributed by atoms with Crippen molar-refractivity contribution in [1.82, 2.24) is 30.0 Å². The number of piperidine rings is 1. The van der Waals surface area contributed by atoms with Crippen LogP contribution in [0.1, 0.15) is 30.4 Å². The molecule has 8 nitrogen and oxygen atoms in total. The van der Waals surface area contributed by atoms with Gasteiger partial charge in [0.2, 0.25) is 5.88 Å². The molecule has 0 radical (unpaired) electrons. The Labute approximate surface area is 150 Å². The first-order valence-electron chi connectivity index (χ1n) is 8.70. The molecule has 4 rings (SSSR count). The number of rotatable bonds is 4. The standard InChI is InChI=1S/C18H20N6O2/c1-12-21-17(23-22-12)13-5-4-8-24(9-13)16(25)10-26-18-14-6-2-3-7-15(14)19-11-20-18/h2-3,6-7,11,13H,4-5,8-10H2,1H3,(H,21,22,23). The number of benzene rings is 1. The summed E-state index contributed by atoms with van der Waals surface area (Å²) in [6.45, 7) is 3.18. The van der Waals surface area contributed by atoms with Crippen molar-refractivity contribution in [2.45, 2.75) is 25.7 Å². The summed E-state index contributed by atoms with van der Waals surface area (Å²) < 4.78 is 5.70. The van der Waals surface area contributed by atoms with Gasteiger partial charge in [-0.15, -0.1) is 0 Å². The Morgan fingerprint density at radius 1 is 1.35 bits per heavy atom. The van der Waals surface area contributed by atoms with Gasteiger partial charge in [0, 0.05) is 19.0 Å². The summed E-state index contributed by atoms with van der Waals surface area (Å²) in [5.74, 6) is 2.12. The van der Waals surface area contributed by atoms with Crippen LogP contribution in [0.4, 0.5) is 0 Å². The molecule has 1 unspecified atom stereocenters. The molecular weight excluding hydrogens is 332 g/mol. The summed E-state index contributed by atoms with van der Waals surface area (Å²) in [5, 5.41) is 7.91. The summed E-state index contributed by atoms with van der Waals surface area (Å²) in [4.78, 5) is 27.2. The molecule has 0 bridgehead atoms. The Hall–Kier alpha value is -3.03. The Morgan fingerprint density at radius 2 is 2.23 bits per heavy atom. The van der Waals surface area contributed by atoms with E-state index in [4.69, 9.17) is 4.74 Å². The maximum absolute atomic E-state index is 12.6. The maximum atomic E-state index is 12.6. The Balaban J connectivity index is 1.41. The summed E-state index contributed by atoms with van der Waals surface area (Å²) in [6.07, 6.45) is 3.36. The number of fused-ring (bicyclic) bond motifs is 1.